The number of hydrogen-bond acceptors (Lipinski definition) is 8. The highest BCUT2D eigenvalue weighted by Gasteiger charge is 2.41. The van der Waals surface area contributed by atoms with Crippen LogP contribution in [0.4, 0.5) is 0 Å². The Morgan fingerprint density at radius 2 is 2.00 bits per heavy atom. The molecule has 0 bridgehead atoms. The van der Waals surface area contributed by atoms with Gasteiger partial charge < -0.3 is 19.9 Å². The van der Waals surface area contributed by atoms with Gasteiger partial charge >= 0.3 is 11.9 Å². The summed E-state index contributed by atoms with van der Waals surface area (Å²) in [5, 5.41) is 0. The summed E-state index contributed by atoms with van der Waals surface area (Å²) in [5.41, 5.74) is 4.77. The van der Waals surface area contributed by atoms with E-state index in [1.165, 1.54) is 26.4 Å². The lowest BCUT2D eigenvalue weighted by Gasteiger charge is -2.21. The van der Waals surface area contributed by atoms with Crippen LogP contribution in [0.15, 0.2) is 41.5 Å². The van der Waals surface area contributed by atoms with Crippen molar-refractivity contribution in [1.82, 2.24) is 9.55 Å². The zero-order valence-electron chi connectivity index (χ0n) is 15.7. The second-order valence-corrected chi connectivity index (χ2v) is 6.33. The normalized spacial score (nSPS) is 20.8. The van der Waals surface area contributed by atoms with E-state index in [-0.39, 0.29) is 6.42 Å². The quantitative estimate of drug-likeness (QED) is 0.723. The number of methoxy groups -OCH3 is 1. The van der Waals surface area contributed by atoms with Crippen LogP contribution in [0.25, 0.3) is 0 Å². The molecule has 2 N–H and O–H groups in total. The summed E-state index contributed by atoms with van der Waals surface area (Å²) >= 11 is 0. The number of carbonyl (C=O) groups is 3. The van der Waals surface area contributed by atoms with Gasteiger partial charge in [-0.2, -0.15) is 0 Å². The number of rotatable bonds is 5. The highest BCUT2D eigenvalue weighted by molar-refractivity contribution is 5.91. The maximum Gasteiger partial charge on any atom is 0.338 e. The number of carbonyl (C=O) groups excluding carboxylic acids is 3. The van der Waals surface area contributed by atoms with Crippen LogP contribution in [0.1, 0.15) is 52.1 Å². The van der Waals surface area contributed by atoms with Gasteiger partial charge in [0, 0.05) is 25.7 Å². The lowest BCUT2D eigenvalue weighted by atomic mass is 9.99. The number of ether oxygens (including phenoxy) is 3. The van der Waals surface area contributed by atoms with Crippen LogP contribution in [0.2, 0.25) is 0 Å². The minimum atomic E-state index is -1.04. The third-order valence-corrected chi connectivity index (χ3v) is 4.47. The van der Waals surface area contributed by atoms with Crippen LogP contribution < -0.4 is 11.3 Å². The minimum absolute atomic E-state index is 0.179. The fourth-order valence-corrected chi connectivity index (χ4v) is 3.27. The van der Waals surface area contributed by atoms with Crippen molar-refractivity contribution in [2.45, 2.75) is 31.8 Å². The first-order valence-corrected chi connectivity index (χ1v) is 8.70. The van der Waals surface area contributed by atoms with Gasteiger partial charge in [0.25, 0.3) is 11.5 Å². The molecular formula is C19H19N3O7. The lowest BCUT2D eigenvalue weighted by molar-refractivity contribution is -0.152. The Morgan fingerprint density at radius 1 is 1.28 bits per heavy atom. The van der Waals surface area contributed by atoms with Gasteiger partial charge in [-0.25, -0.2) is 9.78 Å². The zero-order valence-corrected chi connectivity index (χ0v) is 15.7. The Morgan fingerprint density at radius 3 is 2.66 bits per heavy atom. The number of benzene rings is 1. The lowest BCUT2D eigenvalue weighted by Crippen LogP contribution is -2.36. The third-order valence-electron chi connectivity index (χ3n) is 4.47. The molecule has 1 aromatic carbocycles. The van der Waals surface area contributed by atoms with Crippen molar-refractivity contribution in [1.29, 1.82) is 0 Å². The number of hydrogen-bond donors (Lipinski definition) is 1. The maximum absolute atomic E-state index is 12.6. The molecule has 1 saturated heterocycles. The van der Waals surface area contributed by atoms with Crippen molar-refractivity contribution >= 4 is 17.8 Å². The molecule has 3 atom stereocenters. The van der Waals surface area contributed by atoms with Gasteiger partial charge in [-0.3, -0.25) is 19.0 Å². The molecule has 2 heterocycles. The van der Waals surface area contributed by atoms with E-state index in [9.17, 15) is 19.2 Å². The molecule has 0 unspecified atom stereocenters. The van der Waals surface area contributed by atoms with E-state index in [0.717, 1.165) is 4.57 Å². The van der Waals surface area contributed by atoms with Gasteiger partial charge in [-0.15, -0.1) is 0 Å². The zero-order chi connectivity index (χ0) is 21.1. The highest BCUT2D eigenvalue weighted by Crippen LogP contribution is 2.40. The molecule has 1 amide bonds. The smallest absolute Gasteiger partial charge is 0.338 e. The molecule has 0 saturated carbocycles. The number of esters is 2. The van der Waals surface area contributed by atoms with Crippen molar-refractivity contribution in [3.05, 3.63) is 63.8 Å². The first-order valence-electron chi connectivity index (χ1n) is 8.70. The van der Waals surface area contributed by atoms with E-state index in [1.54, 1.807) is 24.3 Å². The number of aromatic nitrogens is 2. The predicted molar refractivity (Wildman–Crippen MR) is 97.8 cm³/mol. The van der Waals surface area contributed by atoms with E-state index in [2.05, 4.69) is 4.98 Å². The van der Waals surface area contributed by atoms with Crippen LogP contribution in [0, 0.1) is 0 Å². The number of primary amides is 1. The fourth-order valence-electron chi connectivity index (χ4n) is 3.27. The van der Waals surface area contributed by atoms with Gasteiger partial charge in [0.05, 0.1) is 18.8 Å². The Bertz CT molecular complexity index is 1020. The van der Waals surface area contributed by atoms with Gasteiger partial charge in [0.15, 0.2) is 11.9 Å². The monoisotopic (exact) mass is 401 g/mol. The van der Waals surface area contributed by atoms with E-state index < -0.39 is 47.5 Å². The molecule has 0 aliphatic carbocycles. The maximum atomic E-state index is 12.6. The van der Waals surface area contributed by atoms with Crippen molar-refractivity contribution in [3.63, 3.8) is 0 Å². The van der Waals surface area contributed by atoms with E-state index in [0.29, 0.717) is 11.1 Å². The van der Waals surface area contributed by atoms with Crippen molar-refractivity contribution in [3.8, 4) is 0 Å². The van der Waals surface area contributed by atoms with Crippen LogP contribution >= 0.6 is 0 Å². The average Bonchev–Trinajstić information content (AvgIpc) is 3.10. The fraction of sp³-hybridized carbons (Fsp3) is 0.316. The molecule has 0 spiro atoms. The Hall–Kier alpha value is -3.53. The van der Waals surface area contributed by atoms with E-state index in [4.69, 9.17) is 19.9 Å². The van der Waals surface area contributed by atoms with Crippen LogP contribution in [0.3, 0.4) is 0 Å². The summed E-state index contributed by atoms with van der Waals surface area (Å²) in [6.07, 6.45) is 0.165. The summed E-state index contributed by atoms with van der Waals surface area (Å²) in [4.78, 5) is 51.4. The number of nitrogens with zero attached hydrogens (tertiary/aromatic N) is 2. The van der Waals surface area contributed by atoms with E-state index in [1.807, 2.05) is 0 Å². The standard InChI is InChI=1S/C19H19N3O7/c1-10(23)28-14-9-13(11-5-3-4-6-12(11)19(26)27-2)29-18(14)22-8-7-21-15(16(20)24)17(22)25/h3-8,13-14,18H,9H2,1-2H3,(H2,20,24)/t13-,14+,18+/m0/s1. The molecular weight excluding hydrogens is 382 g/mol. The topological polar surface area (TPSA) is 140 Å². The number of amides is 1. The van der Waals surface area contributed by atoms with Crippen molar-refractivity contribution < 1.29 is 28.6 Å². The van der Waals surface area contributed by atoms with Gasteiger partial charge in [-0.05, 0) is 11.6 Å². The highest BCUT2D eigenvalue weighted by atomic mass is 16.6. The third kappa shape index (κ3) is 4.02. The summed E-state index contributed by atoms with van der Waals surface area (Å²) in [6.45, 7) is 1.23. The second kappa shape index (κ2) is 8.23. The minimum Gasteiger partial charge on any atom is -0.465 e. The Balaban J connectivity index is 2.03. The molecule has 2 aromatic rings. The molecule has 1 aliphatic heterocycles. The largest absolute Gasteiger partial charge is 0.465 e. The molecule has 3 rings (SSSR count). The van der Waals surface area contributed by atoms with Crippen LogP contribution in [-0.2, 0) is 19.0 Å². The molecule has 1 fully saturated rings. The molecule has 0 radical (unpaired) electrons. The Labute approximate surface area is 165 Å². The predicted octanol–water partition coefficient (Wildman–Crippen LogP) is 0.721. The summed E-state index contributed by atoms with van der Waals surface area (Å²) in [7, 11) is 1.26. The molecule has 10 nitrogen and oxygen atoms in total. The summed E-state index contributed by atoms with van der Waals surface area (Å²) in [6, 6.07) is 6.68. The van der Waals surface area contributed by atoms with Gasteiger partial charge in [0.1, 0.15) is 6.10 Å². The summed E-state index contributed by atoms with van der Waals surface area (Å²) in [5.74, 6) is -2.10. The van der Waals surface area contributed by atoms with E-state index >= 15 is 0 Å². The molecule has 152 valence electrons. The Kier molecular flexibility index (Phi) is 5.74. The van der Waals surface area contributed by atoms with Crippen LogP contribution in [0.5, 0.6) is 0 Å². The SMILES string of the molecule is COC(=O)c1ccccc1[C@@H]1C[C@@H](OC(C)=O)[C@H](n2ccnc(C(N)=O)c2=O)O1. The number of nitrogens with two attached hydrogens (primary N) is 1. The second-order valence-electron chi connectivity index (χ2n) is 6.33. The van der Waals surface area contributed by atoms with Crippen molar-refractivity contribution in [2.24, 2.45) is 5.73 Å². The molecule has 29 heavy (non-hydrogen) atoms. The molecule has 1 aliphatic rings. The average molecular weight is 401 g/mol. The first-order chi connectivity index (χ1) is 13.8. The first kappa shape index (κ1) is 20.2. The van der Waals surface area contributed by atoms with Gasteiger partial charge in [0.2, 0.25) is 0 Å². The van der Waals surface area contributed by atoms with Crippen molar-refractivity contribution in [2.75, 3.05) is 7.11 Å². The molecule has 10 heteroatoms. The van der Waals surface area contributed by atoms with Gasteiger partial charge in [-0.1, -0.05) is 18.2 Å². The molecule has 1 aromatic heterocycles. The van der Waals surface area contributed by atoms with Crippen LogP contribution in [-0.4, -0.2) is 40.6 Å². The summed E-state index contributed by atoms with van der Waals surface area (Å²) < 4.78 is 17.2.